The van der Waals surface area contributed by atoms with Crippen molar-refractivity contribution in [3.05, 3.63) is 33.8 Å². The zero-order valence-electron chi connectivity index (χ0n) is 15.6. The number of rotatable bonds is 4. The number of hydrogen-bond acceptors (Lipinski definition) is 5. The van der Waals surface area contributed by atoms with Crippen LogP contribution in [0.2, 0.25) is 0 Å². The molecule has 1 saturated heterocycles. The number of imidazole rings is 1. The minimum Gasteiger partial charge on any atom is -0.348 e. The number of unbranched alkanes of at least 4 members (excludes halogenated alkanes) is 1. The van der Waals surface area contributed by atoms with Gasteiger partial charge in [-0.2, -0.15) is 0 Å². The van der Waals surface area contributed by atoms with E-state index in [1.165, 1.54) is 35.6 Å². The number of hydrogen-bond donors (Lipinski definition) is 1. The summed E-state index contributed by atoms with van der Waals surface area (Å²) in [5.41, 5.74) is 3.08. The molecule has 0 bridgehead atoms. The van der Waals surface area contributed by atoms with E-state index in [2.05, 4.69) is 21.8 Å². The molecule has 6 nitrogen and oxygen atoms in total. The van der Waals surface area contributed by atoms with Gasteiger partial charge in [0, 0.05) is 37.1 Å². The molecule has 0 aliphatic carbocycles. The summed E-state index contributed by atoms with van der Waals surface area (Å²) in [6, 6.07) is 0. The van der Waals surface area contributed by atoms with Gasteiger partial charge in [0.05, 0.1) is 22.6 Å². The number of likely N-dealkylation sites (tertiary alicyclic amines) is 1. The average Bonchev–Trinajstić information content (AvgIpc) is 3.31. The Morgan fingerprint density at radius 3 is 2.85 bits per heavy atom. The summed E-state index contributed by atoms with van der Waals surface area (Å²) in [6.07, 6.45) is 7.19. The fraction of sp³-hybridized carbons (Fsp3) is 0.632. The van der Waals surface area contributed by atoms with E-state index >= 15 is 0 Å². The number of amides is 1. The van der Waals surface area contributed by atoms with Gasteiger partial charge in [0.15, 0.2) is 0 Å². The summed E-state index contributed by atoms with van der Waals surface area (Å²) in [6.45, 7) is 7.91. The SMILES string of the molecule is CCCCN1CCc2[nH]cnc2C12CCN(C(=O)c1csc(C)n1)CC2. The number of piperidine rings is 1. The first-order valence-electron chi connectivity index (χ1n) is 9.63. The van der Waals surface area contributed by atoms with E-state index in [9.17, 15) is 4.79 Å². The zero-order valence-corrected chi connectivity index (χ0v) is 16.4. The normalized spacial score (nSPS) is 19.7. The van der Waals surface area contributed by atoms with Gasteiger partial charge >= 0.3 is 0 Å². The summed E-state index contributed by atoms with van der Waals surface area (Å²) in [4.78, 5) is 29.8. The van der Waals surface area contributed by atoms with Gasteiger partial charge in [0.25, 0.3) is 5.91 Å². The molecule has 0 unspecified atom stereocenters. The van der Waals surface area contributed by atoms with Crippen molar-refractivity contribution in [2.45, 2.75) is 51.5 Å². The van der Waals surface area contributed by atoms with E-state index in [0.29, 0.717) is 5.69 Å². The van der Waals surface area contributed by atoms with E-state index in [1.807, 2.05) is 23.5 Å². The summed E-state index contributed by atoms with van der Waals surface area (Å²) in [5, 5.41) is 2.82. The molecule has 4 heterocycles. The summed E-state index contributed by atoms with van der Waals surface area (Å²) >= 11 is 1.54. The molecule has 4 rings (SSSR count). The van der Waals surface area contributed by atoms with Crippen molar-refractivity contribution in [1.82, 2.24) is 24.8 Å². The minimum atomic E-state index is -0.0163. The molecule has 1 N–H and O–H groups in total. The van der Waals surface area contributed by atoms with Crippen LogP contribution < -0.4 is 0 Å². The molecule has 0 radical (unpaired) electrons. The lowest BCUT2D eigenvalue weighted by Gasteiger charge is -2.50. The second-order valence-corrected chi connectivity index (χ2v) is 8.46. The highest BCUT2D eigenvalue weighted by molar-refractivity contribution is 7.09. The van der Waals surface area contributed by atoms with Crippen LogP contribution in [0.4, 0.5) is 0 Å². The lowest BCUT2D eigenvalue weighted by atomic mass is 9.78. The Morgan fingerprint density at radius 1 is 1.35 bits per heavy atom. The number of nitrogens with zero attached hydrogens (tertiary/aromatic N) is 4. The molecule has 2 aliphatic heterocycles. The van der Waals surface area contributed by atoms with Gasteiger partial charge in [-0.3, -0.25) is 9.69 Å². The number of carbonyl (C=O) groups is 1. The lowest BCUT2D eigenvalue weighted by molar-refractivity contribution is 0.00615. The Bertz CT molecular complexity index is 774. The van der Waals surface area contributed by atoms with E-state index in [0.717, 1.165) is 50.4 Å². The third kappa shape index (κ3) is 2.97. The number of aromatic amines is 1. The molecular weight excluding hydrogens is 346 g/mol. The van der Waals surface area contributed by atoms with Gasteiger partial charge in [-0.05, 0) is 32.7 Å². The Morgan fingerprint density at radius 2 is 2.15 bits per heavy atom. The molecule has 2 aromatic rings. The Hall–Kier alpha value is -1.73. The predicted molar refractivity (Wildman–Crippen MR) is 102 cm³/mol. The molecule has 0 aromatic carbocycles. The van der Waals surface area contributed by atoms with Crippen LogP contribution in [0, 0.1) is 6.92 Å². The standard InChI is InChI=1S/C19H27N5OS/c1-3-4-8-24-9-5-15-17(21-13-20-15)19(24)6-10-23(11-7-19)18(25)16-12-26-14(2)22-16/h12-13H,3-11H2,1-2H3,(H,20,21). The van der Waals surface area contributed by atoms with Crippen molar-refractivity contribution >= 4 is 17.2 Å². The Labute approximate surface area is 158 Å². The highest BCUT2D eigenvalue weighted by Crippen LogP contribution is 2.42. The maximum atomic E-state index is 12.8. The predicted octanol–water partition coefficient (Wildman–Crippen LogP) is 2.96. The monoisotopic (exact) mass is 373 g/mol. The molecule has 7 heteroatoms. The van der Waals surface area contributed by atoms with Crippen LogP contribution in [0.15, 0.2) is 11.7 Å². The number of aryl methyl sites for hydroxylation is 1. The second-order valence-electron chi connectivity index (χ2n) is 7.40. The van der Waals surface area contributed by atoms with Crippen molar-refractivity contribution in [3.8, 4) is 0 Å². The summed E-state index contributed by atoms with van der Waals surface area (Å²) < 4.78 is 0. The van der Waals surface area contributed by atoms with Gasteiger partial charge in [0.2, 0.25) is 0 Å². The molecule has 0 atom stereocenters. The number of nitrogens with one attached hydrogen (secondary N) is 1. The van der Waals surface area contributed by atoms with E-state index in [-0.39, 0.29) is 11.4 Å². The van der Waals surface area contributed by atoms with Crippen LogP contribution in [0.25, 0.3) is 0 Å². The van der Waals surface area contributed by atoms with Gasteiger partial charge in [-0.15, -0.1) is 11.3 Å². The zero-order chi connectivity index (χ0) is 18.1. The maximum Gasteiger partial charge on any atom is 0.273 e. The van der Waals surface area contributed by atoms with E-state index in [4.69, 9.17) is 4.98 Å². The summed E-state index contributed by atoms with van der Waals surface area (Å²) in [7, 11) is 0. The second kappa shape index (κ2) is 7.12. The number of aromatic nitrogens is 3. The van der Waals surface area contributed by atoms with Crippen molar-refractivity contribution < 1.29 is 4.79 Å². The van der Waals surface area contributed by atoms with Crippen LogP contribution in [-0.4, -0.2) is 56.8 Å². The minimum absolute atomic E-state index is 0.0163. The lowest BCUT2D eigenvalue weighted by Crippen LogP contribution is -2.57. The first kappa shape index (κ1) is 17.7. The molecule has 26 heavy (non-hydrogen) atoms. The molecule has 0 saturated carbocycles. The van der Waals surface area contributed by atoms with Crippen LogP contribution in [0.1, 0.15) is 59.5 Å². The van der Waals surface area contributed by atoms with Crippen LogP contribution in [-0.2, 0) is 12.0 Å². The van der Waals surface area contributed by atoms with Crippen LogP contribution >= 0.6 is 11.3 Å². The van der Waals surface area contributed by atoms with Crippen molar-refractivity contribution in [3.63, 3.8) is 0 Å². The first-order valence-corrected chi connectivity index (χ1v) is 10.5. The summed E-state index contributed by atoms with van der Waals surface area (Å²) in [5.74, 6) is 0.0716. The van der Waals surface area contributed by atoms with Crippen LogP contribution in [0.5, 0.6) is 0 Å². The number of thiazole rings is 1. The van der Waals surface area contributed by atoms with E-state index < -0.39 is 0 Å². The highest BCUT2D eigenvalue weighted by atomic mass is 32.1. The molecule has 1 fully saturated rings. The Balaban J connectivity index is 1.54. The van der Waals surface area contributed by atoms with Gasteiger partial charge in [-0.1, -0.05) is 13.3 Å². The third-order valence-corrected chi connectivity index (χ3v) is 6.67. The molecule has 2 aromatic heterocycles. The number of H-pyrrole nitrogens is 1. The van der Waals surface area contributed by atoms with Crippen molar-refractivity contribution in [2.75, 3.05) is 26.2 Å². The first-order chi connectivity index (χ1) is 12.6. The molecule has 1 spiro atoms. The molecule has 140 valence electrons. The molecular formula is C19H27N5OS. The topological polar surface area (TPSA) is 65.1 Å². The number of carbonyl (C=O) groups excluding carboxylic acids is 1. The highest BCUT2D eigenvalue weighted by Gasteiger charge is 2.46. The molecule has 2 aliphatic rings. The van der Waals surface area contributed by atoms with Gasteiger partial charge < -0.3 is 9.88 Å². The van der Waals surface area contributed by atoms with Crippen LogP contribution in [0.3, 0.4) is 0 Å². The third-order valence-electron chi connectivity index (χ3n) is 5.89. The van der Waals surface area contributed by atoms with Crippen molar-refractivity contribution in [2.24, 2.45) is 0 Å². The fourth-order valence-electron chi connectivity index (χ4n) is 4.45. The average molecular weight is 374 g/mol. The maximum absolute atomic E-state index is 12.8. The van der Waals surface area contributed by atoms with Gasteiger partial charge in [-0.25, -0.2) is 9.97 Å². The van der Waals surface area contributed by atoms with E-state index in [1.54, 1.807) is 0 Å². The largest absolute Gasteiger partial charge is 0.348 e. The van der Waals surface area contributed by atoms with Crippen molar-refractivity contribution in [1.29, 1.82) is 0 Å². The van der Waals surface area contributed by atoms with Gasteiger partial charge in [0.1, 0.15) is 5.69 Å². The Kier molecular flexibility index (Phi) is 4.84. The smallest absolute Gasteiger partial charge is 0.273 e. The number of fused-ring (bicyclic) bond motifs is 2. The molecule has 1 amide bonds. The fourth-order valence-corrected chi connectivity index (χ4v) is 5.04. The quantitative estimate of drug-likeness (QED) is 0.895.